The van der Waals surface area contributed by atoms with Crippen LogP contribution in [0, 0.1) is 5.92 Å². The predicted octanol–water partition coefficient (Wildman–Crippen LogP) is 2.36. The van der Waals surface area contributed by atoms with Gasteiger partial charge in [0.25, 0.3) is 0 Å². The van der Waals surface area contributed by atoms with Crippen LogP contribution < -0.4 is 15.8 Å². The van der Waals surface area contributed by atoms with Gasteiger partial charge in [0, 0.05) is 23.7 Å². The van der Waals surface area contributed by atoms with Gasteiger partial charge in [0.1, 0.15) is 11.7 Å². The minimum absolute atomic E-state index is 0.0497. The summed E-state index contributed by atoms with van der Waals surface area (Å²) >= 11 is 5.97. The van der Waals surface area contributed by atoms with Crippen molar-refractivity contribution in [1.82, 2.24) is 5.32 Å². The molecule has 1 aromatic rings. The molecule has 0 saturated carbocycles. The SMILES string of the molecule is COc1cccc(Cl)c1CNCC(/C(N)=N/O)C(F)(F)F. The second-order valence-corrected chi connectivity index (χ2v) is 4.58. The summed E-state index contributed by atoms with van der Waals surface area (Å²) in [4.78, 5) is 0. The molecule has 118 valence electrons. The molecule has 21 heavy (non-hydrogen) atoms. The first-order valence-corrected chi connectivity index (χ1v) is 6.25. The number of nitrogens with one attached hydrogen (secondary N) is 1. The summed E-state index contributed by atoms with van der Waals surface area (Å²) in [5.41, 5.74) is 5.59. The van der Waals surface area contributed by atoms with Gasteiger partial charge in [0.05, 0.1) is 7.11 Å². The van der Waals surface area contributed by atoms with Gasteiger partial charge in [-0.05, 0) is 12.1 Å². The molecule has 1 atom stereocenters. The molecule has 0 heterocycles. The number of nitrogens with two attached hydrogens (primary N) is 1. The fourth-order valence-electron chi connectivity index (χ4n) is 1.70. The summed E-state index contributed by atoms with van der Waals surface area (Å²) in [7, 11) is 1.43. The Morgan fingerprint density at radius 2 is 2.19 bits per heavy atom. The van der Waals surface area contributed by atoms with Gasteiger partial charge in [-0.3, -0.25) is 0 Å². The van der Waals surface area contributed by atoms with E-state index in [-0.39, 0.29) is 6.54 Å². The Morgan fingerprint density at radius 1 is 1.52 bits per heavy atom. The van der Waals surface area contributed by atoms with Crippen LogP contribution in [0.3, 0.4) is 0 Å². The van der Waals surface area contributed by atoms with Crippen molar-refractivity contribution in [3.8, 4) is 5.75 Å². The lowest BCUT2D eigenvalue weighted by Crippen LogP contribution is -2.42. The average molecular weight is 326 g/mol. The molecule has 9 heteroatoms. The highest BCUT2D eigenvalue weighted by Crippen LogP contribution is 2.28. The molecule has 1 rings (SSSR count). The van der Waals surface area contributed by atoms with Crippen LogP contribution in [0.4, 0.5) is 13.2 Å². The molecule has 1 unspecified atom stereocenters. The Bertz CT molecular complexity index is 509. The number of halogens is 4. The summed E-state index contributed by atoms with van der Waals surface area (Å²) in [6, 6.07) is 4.92. The number of rotatable bonds is 6. The molecule has 1 aromatic carbocycles. The van der Waals surface area contributed by atoms with Crippen molar-refractivity contribution in [1.29, 1.82) is 0 Å². The maximum atomic E-state index is 12.7. The zero-order valence-corrected chi connectivity index (χ0v) is 11.9. The summed E-state index contributed by atoms with van der Waals surface area (Å²) < 4.78 is 43.3. The van der Waals surface area contributed by atoms with E-state index in [4.69, 9.17) is 27.3 Å². The largest absolute Gasteiger partial charge is 0.496 e. The second kappa shape index (κ2) is 7.37. The molecule has 0 aromatic heterocycles. The van der Waals surface area contributed by atoms with Crippen LogP contribution in [0.15, 0.2) is 23.4 Å². The number of ether oxygens (including phenoxy) is 1. The Kier molecular flexibility index (Phi) is 6.10. The van der Waals surface area contributed by atoms with E-state index < -0.39 is 24.5 Å². The molecule has 0 amide bonds. The highest BCUT2D eigenvalue weighted by atomic mass is 35.5. The van der Waals surface area contributed by atoms with Crippen LogP contribution in [-0.4, -0.2) is 30.9 Å². The van der Waals surface area contributed by atoms with Gasteiger partial charge >= 0.3 is 6.18 Å². The van der Waals surface area contributed by atoms with Crippen LogP contribution in [-0.2, 0) is 6.54 Å². The van der Waals surface area contributed by atoms with Crippen molar-refractivity contribution in [2.45, 2.75) is 12.7 Å². The first-order valence-electron chi connectivity index (χ1n) is 5.87. The minimum Gasteiger partial charge on any atom is -0.496 e. The topological polar surface area (TPSA) is 79.9 Å². The van der Waals surface area contributed by atoms with Crippen molar-refractivity contribution in [2.75, 3.05) is 13.7 Å². The Balaban J connectivity index is 2.76. The summed E-state index contributed by atoms with van der Waals surface area (Å²) in [6.45, 7) is -0.498. The van der Waals surface area contributed by atoms with Crippen LogP contribution in [0.2, 0.25) is 5.02 Å². The van der Waals surface area contributed by atoms with E-state index in [9.17, 15) is 13.2 Å². The molecule has 0 aliphatic heterocycles. The lowest BCUT2D eigenvalue weighted by atomic mass is 10.1. The highest BCUT2D eigenvalue weighted by molar-refractivity contribution is 6.31. The molecule has 0 radical (unpaired) electrons. The third-order valence-electron chi connectivity index (χ3n) is 2.81. The number of oxime groups is 1. The van der Waals surface area contributed by atoms with Crippen molar-refractivity contribution in [3.63, 3.8) is 0 Å². The maximum Gasteiger partial charge on any atom is 0.400 e. The molecule has 0 bridgehead atoms. The minimum atomic E-state index is -4.62. The fourth-order valence-corrected chi connectivity index (χ4v) is 1.93. The molecular weight excluding hydrogens is 311 g/mol. The van der Waals surface area contributed by atoms with Crippen molar-refractivity contribution < 1.29 is 23.1 Å². The number of amidine groups is 1. The van der Waals surface area contributed by atoms with E-state index in [0.29, 0.717) is 16.3 Å². The highest BCUT2D eigenvalue weighted by Gasteiger charge is 2.42. The third-order valence-corrected chi connectivity index (χ3v) is 3.17. The number of benzene rings is 1. The zero-order valence-electron chi connectivity index (χ0n) is 11.1. The molecule has 0 fully saturated rings. The third kappa shape index (κ3) is 4.68. The number of hydrogen-bond donors (Lipinski definition) is 3. The van der Waals surface area contributed by atoms with Crippen molar-refractivity contribution in [3.05, 3.63) is 28.8 Å². The van der Waals surface area contributed by atoms with Crippen LogP contribution in [0.25, 0.3) is 0 Å². The lowest BCUT2D eigenvalue weighted by Gasteiger charge is -2.20. The van der Waals surface area contributed by atoms with Gasteiger partial charge in [0.15, 0.2) is 5.84 Å². The summed E-state index contributed by atoms with van der Waals surface area (Å²) in [5, 5.41) is 13.8. The standard InChI is InChI=1S/C12H15ClF3N3O2/c1-21-10-4-2-3-9(13)7(10)5-18-6-8(11(17)19-20)12(14,15)16/h2-4,8,18,20H,5-6H2,1H3,(H2,17,19). The van der Waals surface area contributed by atoms with E-state index in [0.717, 1.165) is 0 Å². The van der Waals surface area contributed by atoms with Crippen LogP contribution in [0.5, 0.6) is 5.75 Å². The van der Waals surface area contributed by atoms with Gasteiger partial charge in [-0.1, -0.05) is 22.8 Å². The van der Waals surface area contributed by atoms with Crippen molar-refractivity contribution >= 4 is 17.4 Å². The monoisotopic (exact) mass is 325 g/mol. The summed E-state index contributed by atoms with van der Waals surface area (Å²) in [5.74, 6) is -2.53. The predicted molar refractivity (Wildman–Crippen MR) is 72.7 cm³/mol. The van der Waals surface area contributed by atoms with E-state index in [2.05, 4.69) is 10.5 Å². The van der Waals surface area contributed by atoms with E-state index in [1.807, 2.05) is 0 Å². The summed E-state index contributed by atoms with van der Waals surface area (Å²) in [6.07, 6.45) is -4.62. The first kappa shape index (κ1) is 17.4. The molecule has 4 N–H and O–H groups in total. The normalized spacial score (nSPS) is 14.0. The molecule has 5 nitrogen and oxygen atoms in total. The number of alkyl halides is 3. The quantitative estimate of drug-likeness (QED) is 0.325. The smallest absolute Gasteiger partial charge is 0.400 e. The van der Waals surface area contributed by atoms with Gasteiger partial charge in [-0.25, -0.2) is 0 Å². The molecular formula is C12H15ClF3N3O2. The second-order valence-electron chi connectivity index (χ2n) is 4.17. The molecule has 0 aliphatic carbocycles. The first-order chi connectivity index (χ1) is 9.81. The van der Waals surface area contributed by atoms with Gasteiger partial charge < -0.3 is 21.0 Å². The molecule has 0 aliphatic rings. The maximum absolute atomic E-state index is 12.7. The van der Waals surface area contributed by atoms with E-state index in [1.165, 1.54) is 7.11 Å². The van der Waals surface area contributed by atoms with Crippen LogP contribution >= 0.6 is 11.6 Å². The fraction of sp³-hybridized carbons (Fsp3) is 0.417. The Hall–Kier alpha value is -1.67. The van der Waals surface area contributed by atoms with Crippen molar-refractivity contribution in [2.24, 2.45) is 16.8 Å². The number of nitrogens with zero attached hydrogens (tertiary/aromatic N) is 1. The molecule has 0 saturated heterocycles. The van der Waals surface area contributed by atoms with E-state index >= 15 is 0 Å². The van der Waals surface area contributed by atoms with Gasteiger partial charge in [0.2, 0.25) is 0 Å². The number of hydrogen-bond acceptors (Lipinski definition) is 4. The van der Waals surface area contributed by atoms with Gasteiger partial charge in [-0.2, -0.15) is 13.2 Å². The molecule has 0 spiro atoms. The Labute approximate surface area is 124 Å². The van der Waals surface area contributed by atoms with Crippen LogP contribution in [0.1, 0.15) is 5.56 Å². The van der Waals surface area contributed by atoms with Gasteiger partial charge in [-0.15, -0.1) is 0 Å². The average Bonchev–Trinajstić information content (AvgIpc) is 2.42. The number of methoxy groups -OCH3 is 1. The Morgan fingerprint density at radius 3 is 2.71 bits per heavy atom. The lowest BCUT2D eigenvalue weighted by molar-refractivity contribution is -0.154. The van der Waals surface area contributed by atoms with E-state index in [1.54, 1.807) is 18.2 Å². The zero-order chi connectivity index (χ0) is 16.0.